The highest BCUT2D eigenvalue weighted by Crippen LogP contribution is 2.63. The molecule has 1 aromatic carbocycles. The largest absolute Gasteiger partial charge is 0.369 e. The number of halogens is 3. The number of piperidine rings is 1. The van der Waals surface area contributed by atoms with E-state index in [2.05, 4.69) is 10.2 Å². The van der Waals surface area contributed by atoms with Crippen molar-refractivity contribution in [1.29, 1.82) is 0 Å². The number of hydrogen-bond donors (Lipinski definition) is 1. The van der Waals surface area contributed by atoms with Crippen molar-refractivity contribution in [2.45, 2.75) is 43.5 Å². The van der Waals surface area contributed by atoms with Crippen LogP contribution in [0.4, 0.5) is 10.1 Å². The summed E-state index contributed by atoms with van der Waals surface area (Å²) in [6.45, 7) is 5.32. The minimum absolute atomic E-state index is 0.0576. The van der Waals surface area contributed by atoms with Crippen LogP contribution < -0.4 is 10.2 Å². The maximum absolute atomic E-state index is 13.3. The van der Waals surface area contributed by atoms with Crippen LogP contribution in [0.15, 0.2) is 18.2 Å². The van der Waals surface area contributed by atoms with Gasteiger partial charge in [-0.05, 0) is 56.9 Å². The van der Waals surface area contributed by atoms with Crippen molar-refractivity contribution in [1.82, 2.24) is 5.32 Å². The molecule has 2 unspecified atom stereocenters. The SMILES string of the molecule is Cc1cc(F)ccc1N1CCCC(NC(=O)C2(C)CC2(Cl)Cl)C1. The molecule has 23 heavy (non-hydrogen) atoms. The van der Waals surface area contributed by atoms with E-state index in [0.29, 0.717) is 13.0 Å². The molecule has 1 amide bonds. The van der Waals surface area contributed by atoms with E-state index < -0.39 is 9.75 Å². The molecule has 1 N–H and O–H groups in total. The average Bonchev–Trinajstić information content (AvgIpc) is 2.99. The molecule has 1 aromatic rings. The van der Waals surface area contributed by atoms with E-state index in [0.717, 1.165) is 30.6 Å². The zero-order valence-corrected chi connectivity index (χ0v) is 14.8. The molecule has 0 spiro atoms. The Morgan fingerprint density at radius 3 is 2.74 bits per heavy atom. The van der Waals surface area contributed by atoms with Gasteiger partial charge in [0, 0.05) is 24.8 Å². The summed E-state index contributed by atoms with van der Waals surface area (Å²) in [5.74, 6) is -0.305. The van der Waals surface area contributed by atoms with Gasteiger partial charge in [0.2, 0.25) is 5.91 Å². The maximum atomic E-state index is 13.3. The first-order valence-electron chi connectivity index (χ1n) is 7.93. The minimum Gasteiger partial charge on any atom is -0.369 e. The first-order valence-corrected chi connectivity index (χ1v) is 8.68. The number of amides is 1. The Morgan fingerprint density at radius 1 is 1.43 bits per heavy atom. The fraction of sp³-hybridized carbons (Fsp3) is 0.588. The second kappa shape index (κ2) is 5.82. The van der Waals surface area contributed by atoms with Crippen LogP contribution >= 0.6 is 23.2 Å². The number of rotatable bonds is 3. The summed E-state index contributed by atoms with van der Waals surface area (Å²) in [6.07, 6.45) is 2.39. The Balaban J connectivity index is 1.66. The van der Waals surface area contributed by atoms with Crippen LogP contribution in [-0.4, -0.2) is 29.4 Å². The van der Waals surface area contributed by atoms with Crippen LogP contribution in [0.5, 0.6) is 0 Å². The quantitative estimate of drug-likeness (QED) is 0.833. The van der Waals surface area contributed by atoms with Gasteiger partial charge in [0.15, 0.2) is 0 Å². The third-order valence-corrected chi connectivity index (χ3v) is 6.12. The number of hydrogen-bond acceptors (Lipinski definition) is 2. The van der Waals surface area contributed by atoms with Crippen LogP contribution in [0, 0.1) is 18.2 Å². The van der Waals surface area contributed by atoms with Gasteiger partial charge in [0.1, 0.15) is 10.2 Å². The van der Waals surface area contributed by atoms with Crippen LogP contribution in [0.3, 0.4) is 0 Å². The summed E-state index contributed by atoms with van der Waals surface area (Å²) in [6, 6.07) is 4.88. The second-order valence-electron chi connectivity index (χ2n) is 6.90. The molecule has 0 aromatic heterocycles. The zero-order chi connectivity index (χ0) is 16.8. The number of benzene rings is 1. The van der Waals surface area contributed by atoms with Gasteiger partial charge in [-0.2, -0.15) is 0 Å². The number of carbonyl (C=O) groups excluding carboxylic acids is 1. The first kappa shape index (κ1) is 16.8. The molecular weight excluding hydrogens is 338 g/mol. The monoisotopic (exact) mass is 358 g/mol. The fourth-order valence-corrected chi connectivity index (χ4v) is 3.98. The van der Waals surface area contributed by atoms with Crippen molar-refractivity contribution >= 4 is 34.8 Å². The lowest BCUT2D eigenvalue weighted by molar-refractivity contribution is -0.126. The number of carbonyl (C=O) groups is 1. The maximum Gasteiger partial charge on any atom is 0.229 e. The van der Waals surface area contributed by atoms with Gasteiger partial charge in [-0.1, -0.05) is 0 Å². The van der Waals surface area contributed by atoms with Crippen molar-refractivity contribution in [3.8, 4) is 0 Å². The van der Waals surface area contributed by atoms with Gasteiger partial charge in [0.25, 0.3) is 0 Å². The van der Waals surface area contributed by atoms with Gasteiger partial charge in [-0.3, -0.25) is 4.79 Å². The van der Waals surface area contributed by atoms with Gasteiger partial charge in [-0.25, -0.2) is 4.39 Å². The lowest BCUT2D eigenvalue weighted by atomic mass is 10.0. The van der Waals surface area contributed by atoms with Crippen molar-refractivity contribution < 1.29 is 9.18 Å². The molecular formula is C17H21Cl2FN2O. The molecule has 0 radical (unpaired) electrons. The van der Waals surface area contributed by atoms with Crippen molar-refractivity contribution in [2.24, 2.45) is 5.41 Å². The zero-order valence-electron chi connectivity index (χ0n) is 13.3. The van der Waals surface area contributed by atoms with Gasteiger partial charge >= 0.3 is 0 Å². The fourth-order valence-electron chi connectivity index (χ4n) is 3.28. The molecule has 6 heteroatoms. The highest BCUT2D eigenvalue weighted by molar-refractivity contribution is 6.53. The Kier molecular flexibility index (Phi) is 4.26. The Morgan fingerprint density at radius 2 is 2.13 bits per heavy atom. The first-order chi connectivity index (χ1) is 10.7. The molecule has 2 aliphatic rings. The van der Waals surface area contributed by atoms with Crippen LogP contribution in [0.1, 0.15) is 31.7 Å². The molecule has 0 bridgehead atoms. The van der Waals surface area contributed by atoms with Crippen LogP contribution in [0.2, 0.25) is 0 Å². The van der Waals surface area contributed by atoms with E-state index in [4.69, 9.17) is 23.2 Å². The minimum atomic E-state index is -0.945. The Bertz CT molecular complexity index is 637. The summed E-state index contributed by atoms with van der Waals surface area (Å²) >= 11 is 12.2. The van der Waals surface area contributed by atoms with E-state index in [1.807, 2.05) is 6.92 Å². The summed E-state index contributed by atoms with van der Waals surface area (Å²) in [4.78, 5) is 14.6. The summed E-state index contributed by atoms with van der Waals surface area (Å²) in [5.41, 5.74) is 1.24. The Hall–Kier alpha value is -1.000. The van der Waals surface area contributed by atoms with Gasteiger partial charge in [-0.15, -0.1) is 23.2 Å². The average molecular weight is 359 g/mol. The van der Waals surface area contributed by atoms with E-state index in [1.165, 1.54) is 12.1 Å². The third kappa shape index (κ3) is 3.16. The normalized spacial score (nSPS) is 29.3. The Labute approximate surface area is 146 Å². The van der Waals surface area contributed by atoms with E-state index in [9.17, 15) is 9.18 Å². The number of anilines is 1. The van der Waals surface area contributed by atoms with Crippen LogP contribution in [0.25, 0.3) is 0 Å². The lowest BCUT2D eigenvalue weighted by Crippen LogP contribution is -2.50. The third-order valence-electron chi connectivity index (χ3n) is 5.02. The van der Waals surface area contributed by atoms with Gasteiger partial charge < -0.3 is 10.2 Å². The summed E-state index contributed by atoms with van der Waals surface area (Å²) in [7, 11) is 0. The highest BCUT2D eigenvalue weighted by Gasteiger charge is 2.68. The highest BCUT2D eigenvalue weighted by atomic mass is 35.5. The molecule has 1 saturated carbocycles. The smallest absolute Gasteiger partial charge is 0.229 e. The molecule has 1 heterocycles. The van der Waals surface area contributed by atoms with Crippen LogP contribution in [-0.2, 0) is 4.79 Å². The van der Waals surface area contributed by atoms with Crippen molar-refractivity contribution in [2.75, 3.05) is 18.0 Å². The van der Waals surface area contributed by atoms with E-state index in [-0.39, 0.29) is 17.8 Å². The topological polar surface area (TPSA) is 32.3 Å². The lowest BCUT2D eigenvalue weighted by Gasteiger charge is -2.36. The standard InChI is InChI=1S/C17H21Cl2FN2O/c1-11-8-12(20)5-6-14(11)22-7-3-4-13(9-22)21-15(23)16(2)10-17(16,18)19/h5-6,8,13H,3-4,7,9-10H2,1-2H3,(H,21,23). The number of nitrogens with zero attached hydrogens (tertiary/aromatic N) is 1. The summed E-state index contributed by atoms with van der Waals surface area (Å²) < 4.78 is 12.3. The predicted octanol–water partition coefficient (Wildman–Crippen LogP) is 3.80. The molecule has 2 atom stereocenters. The molecule has 126 valence electrons. The molecule has 2 fully saturated rings. The molecule has 3 rings (SSSR count). The molecule has 3 nitrogen and oxygen atoms in total. The predicted molar refractivity (Wildman–Crippen MR) is 91.7 cm³/mol. The van der Waals surface area contributed by atoms with E-state index in [1.54, 1.807) is 13.0 Å². The van der Waals surface area contributed by atoms with E-state index >= 15 is 0 Å². The molecule has 1 saturated heterocycles. The number of alkyl halides is 2. The van der Waals surface area contributed by atoms with Gasteiger partial charge in [0.05, 0.1) is 5.41 Å². The van der Waals surface area contributed by atoms with Crippen molar-refractivity contribution in [3.63, 3.8) is 0 Å². The number of aryl methyl sites for hydroxylation is 1. The summed E-state index contributed by atoms with van der Waals surface area (Å²) in [5, 5.41) is 3.08. The van der Waals surface area contributed by atoms with Crippen molar-refractivity contribution in [3.05, 3.63) is 29.6 Å². The molecule has 1 aliphatic carbocycles. The second-order valence-corrected chi connectivity index (χ2v) is 8.39. The molecule has 1 aliphatic heterocycles. The number of nitrogens with one attached hydrogen (secondary N) is 1.